The summed E-state index contributed by atoms with van der Waals surface area (Å²) in [6.45, 7) is 5.91. The number of nitrogens with zero attached hydrogens (tertiary/aromatic N) is 1. The summed E-state index contributed by atoms with van der Waals surface area (Å²) < 4.78 is 0. The largest absolute Gasteiger partial charge is 0.342 e. The van der Waals surface area contributed by atoms with Crippen LogP contribution in [0.15, 0.2) is 11.6 Å². The fourth-order valence-corrected chi connectivity index (χ4v) is 1.78. The monoisotopic (exact) mass is 244 g/mol. The number of hydrogen-bond acceptors (Lipinski definition) is 2. The summed E-state index contributed by atoms with van der Waals surface area (Å²) in [5.41, 5.74) is 1.36. The molecule has 4 nitrogen and oxygen atoms in total. The number of halogens is 1. The Bertz CT molecular complexity index is 315. The lowest BCUT2D eigenvalue weighted by molar-refractivity contribution is -0.149. The predicted octanol–water partition coefficient (Wildman–Crippen LogP) is 1.11. The van der Waals surface area contributed by atoms with Crippen molar-refractivity contribution in [3.63, 3.8) is 0 Å². The number of nitrogens with one attached hydrogen (secondary N) is 1. The second-order valence-electron chi connectivity index (χ2n) is 4.26. The lowest BCUT2D eigenvalue weighted by Crippen LogP contribution is -2.63. The molecule has 1 aliphatic rings. The van der Waals surface area contributed by atoms with Gasteiger partial charge in [0.15, 0.2) is 0 Å². The summed E-state index contributed by atoms with van der Waals surface area (Å²) >= 11 is 5.43. The van der Waals surface area contributed by atoms with Gasteiger partial charge in [-0.1, -0.05) is 31.5 Å². The minimum atomic E-state index is -0.435. The Morgan fingerprint density at radius 3 is 2.62 bits per heavy atom. The zero-order valence-electron chi connectivity index (χ0n) is 9.74. The molecule has 2 unspecified atom stereocenters. The minimum absolute atomic E-state index is 0.0446. The highest BCUT2D eigenvalue weighted by atomic mass is 35.5. The topological polar surface area (TPSA) is 49.4 Å². The van der Waals surface area contributed by atoms with Crippen LogP contribution < -0.4 is 5.32 Å². The van der Waals surface area contributed by atoms with Gasteiger partial charge in [0.25, 0.3) is 0 Å². The molecule has 90 valence electrons. The average Bonchev–Trinajstić information content (AvgIpc) is 2.23. The van der Waals surface area contributed by atoms with Crippen molar-refractivity contribution >= 4 is 23.4 Å². The Hall–Kier alpha value is -1.03. The lowest BCUT2D eigenvalue weighted by atomic mass is 9.98. The number of carbonyl (C=O) groups is 2. The first-order valence-corrected chi connectivity index (χ1v) is 5.78. The van der Waals surface area contributed by atoms with Gasteiger partial charge < -0.3 is 10.2 Å². The highest BCUT2D eigenvalue weighted by Gasteiger charge is 2.38. The smallest absolute Gasteiger partial charge is 0.246 e. The van der Waals surface area contributed by atoms with E-state index in [2.05, 4.69) is 5.32 Å². The van der Waals surface area contributed by atoms with Crippen molar-refractivity contribution < 1.29 is 9.59 Å². The normalized spacial score (nSPS) is 26.7. The van der Waals surface area contributed by atoms with E-state index in [1.807, 2.05) is 13.8 Å². The van der Waals surface area contributed by atoms with Crippen molar-refractivity contribution in [1.29, 1.82) is 0 Å². The molecule has 2 atom stereocenters. The highest BCUT2D eigenvalue weighted by molar-refractivity contribution is 6.25. The Balaban J connectivity index is 2.86. The van der Waals surface area contributed by atoms with Crippen molar-refractivity contribution in [3.8, 4) is 0 Å². The molecule has 0 radical (unpaired) electrons. The van der Waals surface area contributed by atoms with E-state index in [0.717, 1.165) is 0 Å². The third kappa shape index (κ3) is 2.55. The van der Waals surface area contributed by atoms with E-state index in [1.54, 1.807) is 17.9 Å². The third-order valence-electron chi connectivity index (χ3n) is 2.75. The van der Waals surface area contributed by atoms with Gasteiger partial charge in [0.2, 0.25) is 11.8 Å². The molecule has 5 heteroatoms. The summed E-state index contributed by atoms with van der Waals surface area (Å²) in [7, 11) is 0. The zero-order valence-corrected chi connectivity index (χ0v) is 10.5. The molecule has 1 saturated heterocycles. The van der Waals surface area contributed by atoms with Crippen LogP contribution in [0.3, 0.4) is 0 Å². The number of carbonyl (C=O) groups excluding carboxylic acids is 2. The molecule has 0 aliphatic carbocycles. The summed E-state index contributed by atoms with van der Waals surface area (Å²) in [5, 5.41) is 2.73. The van der Waals surface area contributed by atoms with Crippen molar-refractivity contribution in [2.24, 2.45) is 5.92 Å². The molecule has 0 aromatic carbocycles. The number of piperazine rings is 1. The molecular formula is C11H17ClN2O2. The number of rotatable bonds is 3. The lowest BCUT2D eigenvalue weighted by Gasteiger charge is -2.38. The Labute approximate surface area is 101 Å². The third-order valence-corrected chi connectivity index (χ3v) is 2.93. The first-order valence-electron chi connectivity index (χ1n) is 5.35. The molecule has 0 saturated carbocycles. The van der Waals surface area contributed by atoms with Crippen molar-refractivity contribution in [2.45, 2.75) is 32.9 Å². The van der Waals surface area contributed by atoms with E-state index < -0.39 is 12.1 Å². The molecule has 1 fully saturated rings. The van der Waals surface area contributed by atoms with Crippen LogP contribution in [0.4, 0.5) is 0 Å². The molecule has 0 bridgehead atoms. The quantitative estimate of drug-likeness (QED) is 0.809. The summed E-state index contributed by atoms with van der Waals surface area (Å²) in [6.07, 6.45) is 1.66. The zero-order chi connectivity index (χ0) is 12.3. The fourth-order valence-electron chi connectivity index (χ4n) is 1.70. The van der Waals surface area contributed by atoms with Crippen LogP contribution in [-0.4, -0.2) is 35.3 Å². The molecule has 16 heavy (non-hydrogen) atoms. The maximum Gasteiger partial charge on any atom is 0.246 e. The van der Waals surface area contributed by atoms with Gasteiger partial charge in [0, 0.05) is 12.1 Å². The molecule has 0 spiro atoms. The van der Waals surface area contributed by atoms with E-state index in [-0.39, 0.29) is 17.7 Å². The first-order chi connectivity index (χ1) is 7.49. The Morgan fingerprint density at radius 2 is 2.12 bits per heavy atom. The Kier molecular flexibility index (Phi) is 4.35. The van der Waals surface area contributed by atoms with Crippen molar-refractivity contribution in [1.82, 2.24) is 10.2 Å². The van der Waals surface area contributed by atoms with Crippen molar-refractivity contribution in [2.75, 3.05) is 6.54 Å². The van der Waals surface area contributed by atoms with E-state index in [9.17, 15) is 9.59 Å². The van der Waals surface area contributed by atoms with Crippen molar-refractivity contribution in [3.05, 3.63) is 11.6 Å². The standard InChI is InChI=1S/C11H17ClN2O2/c1-7(2)9-11(16)14(6-4-5-12)8(3)10(15)13-9/h4-5,7-9H,6H2,1-3H3,(H,13,15)/b5-4+. The maximum atomic E-state index is 12.1. The molecule has 1 aliphatic heterocycles. The second-order valence-corrected chi connectivity index (χ2v) is 4.51. The first kappa shape index (κ1) is 13.0. The average molecular weight is 245 g/mol. The SMILES string of the molecule is CC(C)C1NC(=O)C(C)N(C/C=C/Cl)C1=O. The van der Waals surface area contributed by atoms with Crippen LogP contribution in [0.1, 0.15) is 20.8 Å². The van der Waals surface area contributed by atoms with Gasteiger partial charge >= 0.3 is 0 Å². The van der Waals surface area contributed by atoms with Gasteiger partial charge in [-0.05, 0) is 12.8 Å². The fraction of sp³-hybridized carbons (Fsp3) is 0.636. The van der Waals surface area contributed by atoms with Crippen LogP contribution in [0.5, 0.6) is 0 Å². The molecule has 1 N–H and O–H groups in total. The molecule has 1 rings (SSSR count). The highest BCUT2D eigenvalue weighted by Crippen LogP contribution is 2.15. The number of hydrogen-bond donors (Lipinski definition) is 1. The van der Waals surface area contributed by atoms with E-state index >= 15 is 0 Å². The molecule has 1 heterocycles. The van der Waals surface area contributed by atoms with Gasteiger partial charge in [0.05, 0.1) is 0 Å². The van der Waals surface area contributed by atoms with Gasteiger partial charge in [-0.25, -0.2) is 0 Å². The van der Waals surface area contributed by atoms with Crippen LogP contribution >= 0.6 is 11.6 Å². The molecular weight excluding hydrogens is 228 g/mol. The molecule has 2 amide bonds. The Morgan fingerprint density at radius 1 is 1.50 bits per heavy atom. The molecule has 0 aromatic heterocycles. The number of amides is 2. The van der Waals surface area contributed by atoms with Gasteiger partial charge in [-0.15, -0.1) is 0 Å². The van der Waals surface area contributed by atoms with Crippen LogP contribution in [0.2, 0.25) is 0 Å². The minimum Gasteiger partial charge on any atom is -0.342 e. The van der Waals surface area contributed by atoms with Crippen LogP contribution in [0.25, 0.3) is 0 Å². The van der Waals surface area contributed by atoms with E-state index in [4.69, 9.17) is 11.6 Å². The summed E-state index contributed by atoms with van der Waals surface area (Å²) in [6, 6.07) is -0.859. The maximum absolute atomic E-state index is 12.1. The second kappa shape index (κ2) is 5.34. The van der Waals surface area contributed by atoms with Crippen LogP contribution in [-0.2, 0) is 9.59 Å². The van der Waals surface area contributed by atoms with Gasteiger partial charge in [-0.2, -0.15) is 0 Å². The van der Waals surface area contributed by atoms with Gasteiger partial charge in [0.1, 0.15) is 12.1 Å². The van der Waals surface area contributed by atoms with Crippen LogP contribution in [0, 0.1) is 5.92 Å². The summed E-state index contributed by atoms with van der Waals surface area (Å²) in [5.74, 6) is -0.0652. The predicted molar refractivity (Wildman–Crippen MR) is 62.9 cm³/mol. The van der Waals surface area contributed by atoms with Gasteiger partial charge in [-0.3, -0.25) is 9.59 Å². The molecule has 0 aromatic rings. The van der Waals surface area contributed by atoms with E-state index in [1.165, 1.54) is 5.54 Å². The summed E-state index contributed by atoms with van der Waals surface area (Å²) in [4.78, 5) is 25.3. The van der Waals surface area contributed by atoms with E-state index in [0.29, 0.717) is 6.54 Å².